The molecular weight excluding hydrogens is 497 g/mol. The Kier molecular flexibility index (Phi) is 6.04. The average Bonchev–Trinajstić information content (AvgIpc) is 3.11. The van der Waals surface area contributed by atoms with Crippen molar-refractivity contribution in [2.24, 2.45) is 5.16 Å². The Hall–Kier alpha value is -2.09. The zero-order chi connectivity index (χ0) is 24.2. The van der Waals surface area contributed by atoms with E-state index in [9.17, 15) is 4.79 Å². The molecule has 1 amide bonds. The summed E-state index contributed by atoms with van der Waals surface area (Å²) in [6.45, 7) is 5.06. The molecule has 0 N–H and O–H groups in total. The lowest BCUT2D eigenvalue weighted by atomic mass is 9.87. The van der Waals surface area contributed by atoms with Crippen LogP contribution in [-0.2, 0) is 21.1 Å². The molecule has 0 bridgehead atoms. The second kappa shape index (κ2) is 8.29. The topological polar surface area (TPSA) is 51.1 Å². The summed E-state index contributed by atoms with van der Waals surface area (Å²) in [5.74, 6) is -2.25. The summed E-state index contributed by atoms with van der Waals surface area (Å²) < 4.78 is 35.9. The number of nitrogens with zero attached hydrogens (tertiary/aromatic N) is 2. The number of halogens is 5. The molecule has 2 aliphatic rings. The van der Waals surface area contributed by atoms with Gasteiger partial charge in [0.25, 0.3) is 0 Å². The first kappa shape index (κ1) is 24.0. The van der Waals surface area contributed by atoms with E-state index in [1.165, 1.54) is 17.0 Å². The molecule has 1 fully saturated rings. The molecule has 2 aromatic rings. The molecular formula is C23H21Cl3F2N2O3. The number of carbonyl (C=O) groups is 1. The number of alkyl halides is 2. The third-order valence-electron chi connectivity index (χ3n) is 5.38. The highest BCUT2D eigenvalue weighted by Gasteiger charge is 2.48. The van der Waals surface area contributed by atoms with Crippen LogP contribution in [0.5, 0.6) is 0 Å². The smallest absolute Gasteiger partial charge is 0.410 e. The van der Waals surface area contributed by atoms with Crippen LogP contribution in [0.1, 0.15) is 43.9 Å². The minimum atomic E-state index is -2.25. The van der Waals surface area contributed by atoms with Gasteiger partial charge in [-0.15, -0.1) is 0 Å². The number of oxime groups is 1. The van der Waals surface area contributed by atoms with Crippen molar-refractivity contribution in [3.05, 3.63) is 68.2 Å². The molecule has 0 aromatic heterocycles. The van der Waals surface area contributed by atoms with E-state index in [1.54, 1.807) is 45.0 Å². The van der Waals surface area contributed by atoms with Crippen LogP contribution in [0.3, 0.4) is 0 Å². The zero-order valence-corrected chi connectivity index (χ0v) is 20.4. The largest absolute Gasteiger partial charge is 0.444 e. The maximum atomic E-state index is 15.4. The molecule has 0 aliphatic carbocycles. The highest BCUT2D eigenvalue weighted by molar-refractivity contribution is 6.48. The summed E-state index contributed by atoms with van der Waals surface area (Å²) >= 11 is 18.0. The Morgan fingerprint density at radius 3 is 2.18 bits per heavy atom. The van der Waals surface area contributed by atoms with Crippen molar-refractivity contribution in [2.45, 2.75) is 44.3 Å². The molecule has 0 saturated carbocycles. The summed E-state index contributed by atoms with van der Waals surface area (Å²) in [6, 6.07) is 9.16. The third-order valence-corrected chi connectivity index (χ3v) is 6.58. The van der Waals surface area contributed by atoms with E-state index in [2.05, 4.69) is 5.16 Å². The minimum absolute atomic E-state index is 0.0942. The summed E-state index contributed by atoms with van der Waals surface area (Å²) in [5, 5.41) is 4.21. The van der Waals surface area contributed by atoms with E-state index >= 15 is 8.78 Å². The quantitative estimate of drug-likeness (QED) is 0.412. The van der Waals surface area contributed by atoms with Gasteiger partial charge < -0.3 is 14.5 Å². The Bertz CT molecular complexity index is 1110. The first-order valence-corrected chi connectivity index (χ1v) is 11.3. The van der Waals surface area contributed by atoms with Gasteiger partial charge >= 0.3 is 11.9 Å². The highest BCUT2D eigenvalue weighted by Crippen LogP contribution is 2.43. The monoisotopic (exact) mass is 516 g/mol. The lowest BCUT2D eigenvalue weighted by molar-refractivity contribution is -0.130. The van der Waals surface area contributed by atoms with Crippen LogP contribution in [0.2, 0.25) is 15.1 Å². The standard InChI is InChI=1S/C23H21Cl3F2N2O3/c1-21(2,3)32-20(31)30-11-22(27,12-30)14-6-4-13(5-7-14)18-10-23(28,33-29-18)15-8-16(24)19(26)17(25)9-15/h4-9H,10-12H2,1-3H3. The lowest BCUT2D eigenvalue weighted by Crippen LogP contribution is -2.59. The number of likely N-dealkylation sites (tertiary alicyclic amines) is 1. The molecule has 2 heterocycles. The second-order valence-corrected chi connectivity index (χ2v) is 10.4. The number of amides is 1. The fourth-order valence-corrected chi connectivity index (χ4v) is 4.24. The molecule has 2 aliphatic heterocycles. The van der Waals surface area contributed by atoms with Crippen LogP contribution in [0.15, 0.2) is 41.6 Å². The Labute approximate surface area is 205 Å². The van der Waals surface area contributed by atoms with Gasteiger partial charge in [0.15, 0.2) is 5.67 Å². The Morgan fingerprint density at radius 1 is 1.06 bits per heavy atom. The minimum Gasteiger partial charge on any atom is -0.444 e. The molecule has 2 aromatic carbocycles. The lowest BCUT2D eigenvalue weighted by Gasteiger charge is -2.44. The van der Waals surface area contributed by atoms with E-state index in [0.29, 0.717) is 16.8 Å². The summed E-state index contributed by atoms with van der Waals surface area (Å²) in [6.07, 6.45) is -0.736. The maximum Gasteiger partial charge on any atom is 0.410 e. The molecule has 0 spiro atoms. The third kappa shape index (κ3) is 4.77. The van der Waals surface area contributed by atoms with Crippen LogP contribution in [-0.4, -0.2) is 35.4 Å². The van der Waals surface area contributed by atoms with E-state index in [0.717, 1.165) is 0 Å². The van der Waals surface area contributed by atoms with Gasteiger partial charge in [0, 0.05) is 5.56 Å². The highest BCUT2D eigenvalue weighted by atomic mass is 35.5. The van der Waals surface area contributed by atoms with Crippen LogP contribution >= 0.6 is 34.8 Å². The fraction of sp³-hybridized carbons (Fsp3) is 0.391. The molecule has 1 saturated heterocycles. The second-order valence-electron chi connectivity index (χ2n) is 9.17. The molecule has 1 atom stereocenters. The van der Waals surface area contributed by atoms with Crippen molar-refractivity contribution >= 4 is 46.6 Å². The van der Waals surface area contributed by atoms with Gasteiger partial charge in [-0.05, 0) is 44.0 Å². The van der Waals surface area contributed by atoms with E-state index < -0.39 is 23.2 Å². The number of benzene rings is 2. The van der Waals surface area contributed by atoms with Crippen LogP contribution in [0.25, 0.3) is 0 Å². The number of hydrogen-bond acceptors (Lipinski definition) is 4. The van der Waals surface area contributed by atoms with E-state index in [4.69, 9.17) is 44.4 Å². The molecule has 4 rings (SSSR count). The van der Waals surface area contributed by atoms with E-state index in [-0.39, 0.29) is 40.1 Å². The van der Waals surface area contributed by atoms with Crippen molar-refractivity contribution in [3.63, 3.8) is 0 Å². The van der Waals surface area contributed by atoms with Crippen molar-refractivity contribution in [3.8, 4) is 0 Å². The Balaban J connectivity index is 1.43. The summed E-state index contributed by atoms with van der Waals surface area (Å²) in [5.41, 5.74) is -0.889. The average molecular weight is 518 g/mol. The number of ether oxygens (including phenoxy) is 1. The van der Waals surface area contributed by atoms with Crippen molar-refractivity contribution in [2.75, 3.05) is 13.1 Å². The van der Waals surface area contributed by atoms with Gasteiger partial charge in [-0.2, -0.15) is 4.39 Å². The molecule has 5 nitrogen and oxygen atoms in total. The molecule has 10 heteroatoms. The van der Waals surface area contributed by atoms with Gasteiger partial charge in [-0.1, -0.05) is 64.2 Å². The first-order valence-electron chi connectivity index (χ1n) is 10.2. The SMILES string of the molecule is CC(C)(C)OC(=O)N1CC(F)(c2ccc(C3=NOC(F)(c4cc(Cl)c(Cl)c(Cl)c4)C3)cc2)C1. The van der Waals surface area contributed by atoms with Crippen molar-refractivity contribution in [1.82, 2.24) is 4.90 Å². The van der Waals surface area contributed by atoms with Gasteiger partial charge in [0.05, 0.1) is 40.3 Å². The predicted octanol–water partition coefficient (Wildman–Crippen LogP) is 7.01. The van der Waals surface area contributed by atoms with Crippen molar-refractivity contribution < 1.29 is 23.1 Å². The van der Waals surface area contributed by atoms with Crippen LogP contribution in [0.4, 0.5) is 13.6 Å². The summed E-state index contributed by atoms with van der Waals surface area (Å²) in [4.78, 5) is 18.5. The van der Waals surface area contributed by atoms with E-state index in [1.807, 2.05) is 0 Å². The van der Waals surface area contributed by atoms with Gasteiger partial charge in [0.2, 0.25) is 0 Å². The van der Waals surface area contributed by atoms with Crippen LogP contribution < -0.4 is 0 Å². The number of hydrogen-bond donors (Lipinski definition) is 0. The first-order chi connectivity index (χ1) is 15.3. The normalized spacial score (nSPS) is 21.8. The molecule has 0 radical (unpaired) electrons. The Morgan fingerprint density at radius 2 is 1.64 bits per heavy atom. The number of carbonyl (C=O) groups excluding carboxylic acids is 1. The zero-order valence-electron chi connectivity index (χ0n) is 18.1. The molecule has 1 unspecified atom stereocenters. The van der Waals surface area contributed by atoms with Crippen LogP contribution in [0, 0.1) is 0 Å². The predicted molar refractivity (Wildman–Crippen MR) is 124 cm³/mol. The van der Waals surface area contributed by atoms with Gasteiger partial charge in [0.1, 0.15) is 5.60 Å². The fourth-order valence-electron chi connectivity index (χ4n) is 3.65. The van der Waals surface area contributed by atoms with Gasteiger partial charge in [-0.3, -0.25) is 0 Å². The maximum absolute atomic E-state index is 15.4. The molecule has 176 valence electrons. The van der Waals surface area contributed by atoms with Crippen molar-refractivity contribution in [1.29, 1.82) is 0 Å². The van der Waals surface area contributed by atoms with Gasteiger partial charge in [-0.25, -0.2) is 9.18 Å². The molecule has 33 heavy (non-hydrogen) atoms. The number of rotatable bonds is 3. The summed E-state index contributed by atoms with van der Waals surface area (Å²) in [7, 11) is 0.